The van der Waals surface area contributed by atoms with E-state index in [1.165, 1.54) is 5.56 Å². The lowest BCUT2D eigenvalue weighted by Gasteiger charge is -2.15. The van der Waals surface area contributed by atoms with E-state index in [-0.39, 0.29) is 18.6 Å². The fraction of sp³-hybridized carbons (Fsp3) is 0.364. The Balaban J connectivity index is 1.44. The maximum atomic E-state index is 12.1. The van der Waals surface area contributed by atoms with Crippen molar-refractivity contribution in [3.8, 4) is 11.5 Å². The zero-order valence-corrected chi connectivity index (χ0v) is 16.9. The van der Waals surface area contributed by atoms with Crippen LogP contribution in [0.4, 0.5) is 0 Å². The minimum Gasteiger partial charge on any atom is -0.497 e. The molecule has 1 heterocycles. The minimum atomic E-state index is -0.137. The molecule has 0 fully saturated rings. The third-order valence-corrected chi connectivity index (χ3v) is 4.58. The number of nitrogens with one attached hydrogen (secondary N) is 3. The van der Waals surface area contributed by atoms with Crippen molar-refractivity contribution in [1.29, 1.82) is 0 Å². The molecule has 3 rings (SSSR count). The van der Waals surface area contributed by atoms with Crippen molar-refractivity contribution in [2.45, 2.75) is 26.0 Å². The number of benzene rings is 2. The van der Waals surface area contributed by atoms with Crippen molar-refractivity contribution in [1.82, 2.24) is 16.0 Å². The van der Waals surface area contributed by atoms with E-state index in [9.17, 15) is 4.79 Å². The first kappa shape index (κ1) is 20.5. The number of hydrogen-bond donors (Lipinski definition) is 3. The summed E-state index contributed by atoms with van der Waals surface area (Å²) in [5, 5.41) is 9.29. The summed E-state index contributed by atoms with van der Waals surface area (Å²) in [4.78, 5) is 16.5. The highest BCUT2D eigenvalue weighted by Gasteiger charge is 2.22. The maximum Gasteiger partial charge on any atom is 0.242 e. The number of rotatable bonds is 8. The van der Waals surface area contributed by atoms with Gasteiger partial charge in [0.1, 0.15) is 24.1 Å². The molecule has 0 spiro atoms. The molecule has 0 bridgehead atoms. The summed E-state index contributed by atoms with van der Waals surface area (Å²) in [7, 11) is 1.63. The average Bonchev–Trinajstić information content (AvgIpc) is 3.17. The van der Waals surface area contributed by atoms with Crippen molar-refractivity contribution in [2.24, 2.45) is 4.99 Å². The largest absolute Gasteiger partial charge is 0.497 e. The summed E-state index contributed by atoms with van der Waals surface area (Å²) in [6, 6.07) is 15.7. The van der Waals surface area contributed by atoms with Gasteiger partial charge in [-0.3, -0.25) is 4.79 Å². The van der Waals surface area contributed by atoms with Crippen LogP contribution >= 0.6 is 0 Å². The molecule has 0 aliphatic carbocycles. The van der Waals surface area contributed by atoms with Gasteiger partial charge in [-0.15, -0.1) is 0 Å². The number of nitrogens with zero attached hydrogens (tertiary/aromatic N) is 1. The molecule has 7 heteroatoms. The number of ether oxygens (including phenoxy) is 2. The molecule has 154 valence electrons. The van der Waals surface area contributed by atoms with Crippen molar-refractivity contribution in [3.63, 3.8) is 0 Å². The second-order valence-corrected chi connectivity index (χ2v) is 6.75. The van der Waals surface area contributed by atoms with Crippen molar-refractivity contribution >= 4 is 11.9 Å². The van der Waals surface area contributed by atoms with Crippen LogP contribution in [-0.2, 0) is 17.8 Å². The van der Waals surface area contributed by atoms with Gasteiger partial charge in [0.25, 0.3) is 0 Å². The van der Waals surface area contributed by atoms with E-state index >= 15 is 0 Å². The fourth-order valence-corrected chi connectivity index (χ4v) is 3.07. The molecule has 7 nitrogen and oxygen atoms in total. The molecule has 0 aromatic heterocycles. The van der Waals surface area contributed by atoms with Gasteiger partial charge in [0, 0.05) is 19.5 Å². The molecule has 1 aliphatic rings. The number of aliphatic imine (C=N–C) groups is 1. The zero-order chi connectivity index (χ0) is 20.5. The van der Waals surface area contributed by atoms with Crippen LogP contribution in [0.3, 0.4) is 0 Å². The topological polar surface area (TPSA) is 84.0 Å². The van der Waals surface area contributed by atoms with Gasteiger partial charge < -0.3 is 25.4 Å². The Labute approximate surface area is 171 Å². The first-order chi connectivity index (χ1) is 14.2. The minimum absolute atomic E-state index is 0.0528. The van der Waals surface area contributed by atoms with Crippen molar-refractivity contribution in [3.05, 3.63) is 59.7 Å². The Kier molecular flexibility index (Phi) is 7.33. The number of guanidine groups is 1. The summed E-state index contributed by atoms with van der Waals surface area (Å²) < 4.78 is 11.1. The summed E-state index contributed by atoms with van der Waals surface area (Å²) in [6.45, 7) is 3.83. The normalized spacial score (nSPS) is 15.2. The quantitative estimate of drug-likeness (QED) is 0.469. The van der Waals surface area contributed by atoms with Gasteiger partial charge in [-0.05, 0) is 36.2 Å². The molecule has 29 heavy (non-hydrogen) atoms. The van der Waals surface area contributed by atoms with Crippen LogP contribution < -0.4 is 25.4 Å². The highest BCUT2D eigenvalue weighted by Crippen LogP contribution is 2.27. The molecule has 0 radical (unpaired) electrons. The van der Waals surface area contributed by atoms with E-state index < -0.39 is 0 Å². The van der Waals surface area contributed by atoms with E-state index in [1.54, 1.807) is 7.11 Å². The third kappa shape index (κ3) is 6.14. The van der Waals surface area contributed by atoms with E-state index in [1.807, 2.05) is 49.4 Å². The van der Waals surface area contributed by atoms with Crippen LogP contribution in [0.2, 0.25) is 0 Å². The molecule has 1 amide bonds. The van der Waals surface area contributed by atoms with Gasteiger partial charge in [-0.1, -0.05) is 30.3 Å². The van der Waals surface area contributed by atoms with Crippen LogP contribution in [0.1, 0.15) is 18.1 Å². The smallest absolute Gasteiger partial charge is 0.242 e. The second kappa shape index (κ2) is 10.4. The number of hydrogen-bond acceptors (Lipinski definition) is 4. The molecule has 1 aliphatic heterocycles. The first-order valence-electron chi connectivity index (χ1n) is 9.84. The highest BCUT2D eigenvalue weighted by molar-refractivity contribution is 5.84. The molecule has 0 saturated carbocycles. The van der Waals surface area contributed by atoms with Crippen LogP contribution in [0.25, 0.3) is 0 Å². The molecule has 1 atom stereocenters. The van der Waals surface area contributed by atoms with E-state index in [0.717, 1.165) is 23.5 Å². The average molecular weight is 396 g/mol. The Bertz CT molecular complexity index is 811. The van der Waals surface area contributed by atoms with E-state index in [4.69, 9.17) is 9.47 Å². The van der Waals surface area contributed by atoms with Crippen LogP contribution in [0.5, 0.6) is 11.5 Å². The van der Waals surface area contributed by atoms with Crippen LogP contribution in [0.15, 0.2) is 53.5 Å². The van der Waals surface area contributed by atoms with Gasteiger partial charge in [0.2, 0.25) is 5.91 Å². The SMILES string of the molecule is CCNC(=NCC(=O)NCc1ccc(OC)cc1)NCC1Cc2ccccc2O1. The predicted molar refractivity (Wildman–Crippen MR) is 113 cm³/mol. The van der Waals surface area contributed by atoms with E-state index in [0.29, 0.717) is 25.6 Å². The zero-order valence-electron chi connectivity index (χ0n) is 16.9. The van der Waals surface area contributed by atoms with Gasteiger partial charge in [0.15, 0.2) is 5.96 Å². The Morgan fingerprint density at radius 3 is 2.66 bits per heavy atom. The van der Waals surface area contributed by atoms with Gasteiger partial charge in [0.05, 0.1) is 13.7 Å². The molecular weight excluding hydrogens is 368 g/mol. The lowest BCUT2D eigenvalue weighted by molar-refractivity contribution is -0.119. The number of carbonyl (C=O) groups is 1. The molecule has 3 N–H and O–H groups in total. The number of para-hydroxylation sites is 1. The van der Waals surface area contributed by atoms with E-state index in [2.05, 4.69) is 27.0 Å². The molecular formula is C22H28N4O3. The summed E-state index contributed by atoms with van der Waals surface area (Å²) >= 11 is 0. The lowest BCUT2D eigenvalue weighted by Crippen LogP contribution is -2.43. The Hall–Kier alpha value is -3.22. The number of fused-ring (bicyclic) bond motifs is 1. The lowest BCUT2D eigenvalue weighted by atomic mass is 10.1. The second-order valence-electron chi connectivity index (χ2n) is 6.75. The molecule has 0 saturated heterocycles. The highest BCUT2D eigenvalue weighted by atomic mass is 16.5. The summed E-state index contributed by atoms with van der Waals surface area (Å²) in [6.07, 6.45) is 0.922. The van der Waals surface area contributed by atoms with Crippen LogP contribution in [-0.4, -0.2) is 44.7 Å². The number of amides is 1. The number of carbonyl (C=O) groups excluding carboxylic acids is 1. The molecule has 1 unspecified atom stereocenters. The summed E-state index contributed by atoms with van der Waals surface area (Å²) in [5.74, 6) is 2.20. The number of methoxy groups -OCH3 is 1. The first-order valence-corrected chi connectivity index (χ1v) is 9.84. The van der Waals surface area contributed by atoms with Crippen molar-refractivity contribution < 1.29 is 14.3 Å². The van der Waals surface area contributed by atoms with Gasteiger partial charge >= 0.3 is 0 Å². The van der Waals surface area contributed by atoms with Crippen molar-refractivity contribution in [2.75, 3.05) is 26.7 Å². The monoisotopic (exact) mass is 396 g/mol. The fourth-order valence-electron chi connectivity index (χ4n) is 3.07. The standard InChI is InChI=1S/C22H28N4O3/c1-3-23-22(25-14-19-12-17-6-4-5-7-20(17)29-19)26-15-21(27)24-13-16-8-10-18(28-2)11-9-16/h4-11,19H,3,12-15H2,1-2H3,(H,24,27)(H2,23,25,26). The summed E-state index contributed by atoms with van der Waals surface area (Å²) in [5.41, 5.74) is 2.23. The molecule has 2 aromatic rings. The van der Waals surface area contributed by atoms with Gasteiger partial charge in [-0.2, -0.15) is 0 Å². The van der Waals surface area contributed by atoms with Crippen LogP contribution in [0, 0.1) is 0 Å². The van der Waals surface area contributed by atoms with Gasteiger partial charge in [-0.25, -0.2) is 4.99 Å². The third-order valence-electron chi connectivity index (χ3n) is 4.58. The Morgan fingerprint density at radius 1 is 1.14 bits per heavy atom. The maximum absolute atomic E-state index is 12.1. The Morgan fingerprint density at radius 2 is 1.93 bits per heavy atom. The predicted octanol–water partition coefficient (Wildman–Crippen LogP) is 1.87. The molecule has 2 aromatic carbocycles.